The van der Waals surface area contributed by atoms with Crippen LogP contribution in [0.3, 0.4) is 0 Å². The Bertz CT molecular complexity index is 775. The van der Waals surface area contributed by atoms with Gasteiger partial charge in [0, 0.05) is 17.4 Å². The Balaban J connectivity index is 2.42. The molecular formula is C17H14F4O3S. The van der Waals surface area contributed by atoms with Crippen LogP contribution in [0.5, 0.6) is 11.5 Å². The molecule has 0 aliphatic carbocycles. The first-order valence-corrected chi connectivity index (χ1v) is 8.36. The lowest BCUT2D eigenvalue weighted by atomic mass is 10.1. The van der Waals surface area contributed by atoms with Gasteiger partial charge in [-0.15, -0.1) is 11.8 Å². The highest BCUT2D eigenvalue weighted by Crippen LogP contribution is 2.40. The van der Waals surface area contributed by atoms with Gasteiger partial charge in [-0.3, -0.25) is 4.79 Å². The van der Waals surface area contributed by atoms with Gasteiger partial charge in [0.25, 0.3) is 0 Å². The molecule has 0 aromatic heterocycles. The van der Waals surface area contributed by atoms with Crippen LogP contribution in [0.2, 0.25) is 0 Å². The van der Waals surface area contributed by atoms with Crippen molar-refractivity contribution in [2.75, 3.05) is 6.26 Å². The van der Waals surface area contributed by atoms with Crippen molar-refractivity contribution in [2.45, 2.75) is 23.9 Å². The number of alkyl halides is 3. The van der Waals surface area contributed by atoms with Crippen LogP contribution in [0.4, 0.5) is 17.6 Å². The maximum atomic E-state index is 13.5. The fourth-order valence-electron chi connectivity index (χ4n) is 2.14. The zero-order valence-corrected chi connectivity index (χ0v) is 13.9. The predicted octanol–water partition coefficient (Wildman–Crippen LogP) is 5.38. The summed E-state index contributed by atoms with van der Waals surface area (Å²) in [6.45, 7) is 0. The number of halogens is 4. The molecule has 2 aromatic rings. The quantitative estimate of drug-likeness (QED) is 0.545. The van der Waals surface area contributed by atoms with E-state index in [1.165, 1.54) is 18.2 Å². The maximum Gasteiger partial charge on any atom is 0.420 e. The van der Waals surface area contributed by atoms with Gasteiger partial charge in [-0.05, 0) is 42.5 Å². The van der Waals surface area contributed by atoms with Crippen molar-refractivity contribution in [2.24, 2.45) is 0 Å². The minimum Gasteiger partial charge on any atom is -0.481 e. The smallest absolute Gasteiger partial charge is 0.420 e. The standard InChI is InChI=1S/C17H14F4O3S/c1-25-12-5-6-14(13(9-12)17(19,20)21)24-15-8-11(18)4-2-10(15)3-7-16(22)23/h2,4-6,8-9H,3,7H2,1H3,(H,22,23). The van der Waals surface area contributed by atoms with Crippen molar-refractivity contribution in [1.82, 2.24) is 0 Å². The van der Waals surface area contributed by atoms with E-state index in [4.69, 9.17) is 9.84 Å². The molecule has 1 N–H and O–H groups in total. The molecule has 0 aliphatic heterocycles. The molecule has 0 amide bonds. The number of carboxylic acids is 1. The van der Waals surface area contributed by atoms with Crippen LogP contribution in [0.25, 0.3) is 0 Å². The second kappa shape index (κ2) is 7.77. The summed E-state index contributed by atoms with van der Waals surface area (Å²) in [4.78, 5) is 11.1. The lowest BCUT2D eigenvalue weighted by Crippen LogP contribution is -2.08. The number of carboxylic acid groups (broad SMARTS) is 1. The molecule has 0 saturated carbocycles. The summed E-state index contributed by atoms with van der Waals surface area (Å²) in [6.07, 6.45) is -3.24. The van der Waals surface area contributed by atoms with Crippen LogP contribution in [-0.4, -0.2) is 17.3 Å². The average molecular weight is 374 g/mol. The van der Waals surface area contributed by atoms with Gasteiger partial charge < -0.3 is 9.84 Å². The molecule has 2 aromatic carbocycles. The first-order chi connectivity index (χ1) is 11.7. The van der Waals surface area contributed by atoms with Crippen LogP contribution in [0.15, 0.2) is 41.3 Å². The van der Waals surface area contributed by atoms with E-state index in [1.807, 2.05) is 0 Å². The fraction of sp³-hybridized carbons (Fsp3) is 0.235. The second-order valence-corrected chi connectivity index (χ2v) is 5.99. The molecule has 0 heterocycles. The molecule has 0 radical (unpaired) electrons. The van der Waals surface area contributed by atoms with Crippen LogP contribution in [0.1, 0.15) is 17.5 Å². The number of carbonyl (C=O) groups is 1. The minimum atomic E-state index is -4.64. The van der Waals surface area contributed by atoms with Crippen molar-refractivity contribution >= 4 is 17.7 Å². The van der Waals surface area contributed by atoms with E-state index >= 15 is 0 Å². The summed E-state index contributed by atoms with van der Waals surface area (Å²) in [6, 6.07) is 6.94. The number of hydrogen-bond acceptors (Lipinski definition) is 3. The lowest BCUT2D eigenvalue weighted by molar-refractivity contribution is -0.139. The number of benzene rings is 2. The van der Waals surface area contributed by atoms with Gasteiger partial charge in [0.1, 0.15) is 17.3 Å². The van der Waals surface area contributed by atoms with Gasteiger partial charge in [-0.25, -0.2) is 4.39 Å². The number of thioether (sulfide) groups is 1. The molecular weight excluding hydrogens is 360 g/mol. The largest absolute Gasteiger partial charge is 0.481 e. The summed E-state index contributed by atoms with van der Waals surface area (Å²) in [5.41, 5.74) is -0.668. The van der Waals surface area contributed by atoms with E-state index < -0.39 is 29.3 Å². The van der Waals surface area contributed by atoms with E-state index in [1.54, 1.807) is 6.26 Å². The Morgan fingerprint density at radius 1 is 1.16 bits per heavy atom. The number of ether oxygens (including phenoxy) is 1. The summed E-state index contributed by atoms with van der Waals surface area (Å²) < 4.78 is 58.6. The molecule has 0 saturated heterocycles. The summed E-state index contributed by atoms with van der Waals surface area (Å²) in [5, 5.41) is 8.75. The molecule has 0 aliphatic rings. The van der Waals surface area contributed by atoms with Gasteiger partial charge >= 0.3 is 12.1 Å². The Hall–Kier alpha value is -2.22. The van der Waals surface area contributed by atoms with Gasteiger partial charge in [0.05, 0.1) is 5.56 Å². The van der Waals surface area contributed by atoms with Crippen molar-refractivity contribution in [3.63, 3.8) is 0 Å². The summed E-state index contributed by atoms with van der Waals surface area (Å²) in [5.74, 6) is -2.37. The normalized spacial score (nSPS) is 11.4. The number of rotatable bonds is 6. The van der Waals surface area contributed by atoms with Crippen LogP contribution < -0.4 is 4.74 Å². The minimum absolute atomic E-state index is 0.00912. The molecule has 134 valence electrons. The fourth-order valence-corrected chi connectivity index (χ4v) is 2.58. The Morgan fingerprint density at radius 3 is 2.48 bits per heavy atom. The molecule has 2 rings (SSSR count). The van der Waals surface area contributed by atoms with E-state index in [0.29, 0.717) is 10.5 Å². The molecule has 0 unspecified atom stereocenters. The molecule has 0 atom stereocenters. The Kier molecular flexibility index (Phi) is 5.94. The molecule has 0 spiro atoms. The molecule has 0 fully saturated rings. The maximum absolute atomic E-state index is 13.5. The summed E-state index contributed by atoms with van der Waals surface area (Å²) >= 11 is 1.15. The Morgan fingerprint density at radius 2 is 1.88 bits per heavy atom. The average Bonchev–Trinajstić information content (AvgIpc) is 2.53. The second-order valence-electron chi connectivity index (χ2n) is 5.11. The van der Waals surface area contributed by atoms with E-state index in [2.05, 4.69) is 0 Å². The topological polar surface area (TPSA) is 46.5 Å². The van der Waals surface area contributed by atoms with E-state index in [9.17, 15) is 22.4 Å². The third-order valence-electron chi connectivity index (χ3n) is 3.35. The first kappa shape index (κ1) is 19.1. The van der Waals surface area contributed by atoms with Crippen molar-refractivity contribution in [1.29, 1.82) is 0 Å². The highest BCUT2D eigenvalue weighted by atomic mass is 32.2. The SMILES string of the molecule is CSc1ccc(Oc2cc(F)ccc2CCC(=O)O)c(C(F)(F)F)c1. The zero-order chi connectivity index (χ0) is 18.6. The van der Waals surface area contributed by atoms with Crippen LogP contribution in [0, 0.1) is 5.82 Å². The van der Waals surface area contributed by atoms with Gasteiger partial charge in [-0.1, -0.05) is 6.07 Å². The third-order valence-corrected chi connectivity index (χ3v) is 4.07. The van der Waals surface area contributed by atoms with Crippen LogP contribution in [-0.2, 0) is 17.4 Å². The zero-order valence-electron chi connectivity index (χ0n) is 13.1. The predicted molar refractivity (Wildman–Crippen MR) is 85.7 cm³/mol. The van der Waals surface area contributed by atoms with Gasteiger partial charge in [0.2, 0.25) is 0 Å². The molecule has 3 nitrogen and oxygen atoms in total. The highest BCUT2D eigenvalue weighted by Gasteiger charge is 2.35. The van der Waals surface area contributed by atoms with Crippen LogP contribution >= 0.6 is 11.8 Å². The van der Waals surface area contributed by atoms with Gasteiger partial charge in [0.15, 0.2) is 0 Å². The molecule has 25 heavy (non-hydrogen) atoms. The number of hydrogen-bond donors (Lipinski definition) is 1. The number of aliphatic carboxylic acids is 1. The van der Waals surface area contributed by atoms with E-state index in [0.717, 1.165) is 30.0 Å². The van der Waals surface area contributed by atoms with Gasteiger partial charge in [-0.2, -0.15) is 13.2 Å². The monoisotopic (exact) mass is 374 g/mol. The molecule has 0 bridgehead atoms. The summed E-state index contributed by atoms with van der Waals surface area (Å²) in [7, 11) is 0. The Labute approximate surface area is 145 Å². The lowest BCUT2D eigenvalue weighted by Gasteiger charge is -2.16. The van der Waals surface area contributed by atoms with Crippen molar-refractivity contribution < 1.29 is 32.2 Å². The first-order valence-electron chi connectivity index (χ1n) is 7.14. The highest BCUT2D eigenvalue weighted by molar-refractivity contribution is 7.98. The molecule has 8 heteroatoms. The number of aryl methyl sites for hydroxylation is 1. The third kappa shape index (κ3) is 5.12. The van der Waals surface area contributed by atoms with Crippen molar-refractivity contribution in [3.8, 4) is 11.5 Å². The van der Waals surface area contributed by atoms with Crippen molar-refractivity contribution in [3.05, 3.63) is 53.3 Å². The van der Waals surface area contributed by atoms with E-state index in [-0.39, 0.29) is 18.6 Å².